The predicted octanol–water partition coefficient (Wildman–Crippen LogP) is 4.43. The maximum absolute atomic E-state index is 9.75. The van der Waals surface area contributed by atoms with Crippen LogP contribution in [0.4, 0.5) is 0 Å². The number of phenolic OH excluding ortho intramolecular Hbond substituents is 2. The molecule has 0 unspecified atom stereocenters. The number of benzene rings is 3. The summed E-state index contributed by atoms with van der Waals surface area (Å²) in [7, 11) is 0. The Morgan fingerprint density at radius 2 is 1.10 bits per heavy atom. The van der Waals surface area contributed by atoms with Crippen molar-refractivity contribution in [3.8, 4) is 33.8 Å². The minimum absolute atomic E-state index is 0.229. The number of hydrogen-bond acceptors (Lipinski definition) is 2. The van der Waals surface area contributed by atoms with E-state index >= 15 is 0 Å². The summed E-state index contributed by atoms with van der Waals surface area (Å²) in [4.78, 5) is 0. The summed E-state index contributed by atoms with van der Waals surface area (Å²) < 4.78 is 0. The molecule has 0 atom stereocenters. The van der Waals surface area contributed by atoms with Crippen molar-refractivity contribution in [2.45, 2.75) is 0 Å². The first-order valence-corrected chi connectivity index (χ1v) is 6.42. The zero-order chi connectivity index (χ0) is 13.9. The van der Waals surface area contributed by atoms with Crippen LogP contribution in [0.1, 0.15) is 0 Å². The van der Waals surface area contributed by atoms with Crippen molar-refractivity contribution < 1.29 is 10.2 Å². The van der Waals surface area contributed by atoms with Crippen LogP contribution in [0.3, 0.4) is 0 Å². The first kappa shape index (κ1) is 12.3. The molecule has 3 rings (SSSR count). The van der Waals surface area contributed by atoms with Crippen molar-refractivity contribution in [1.29, 1.82) is 0 Å². The van der Waals surface area contributed by atoms with Gasteiger partial charge in [0, 0.05) is 0 Å². The van der Waals surface area contributed by atoms with E-state index in [1.807, 2.05) is 48.5 Å². The molecule has 2 N–H and O–H groups in total. The Hall–Kier alpha value is -2.74. The molecule has 0 aliphatic rings. The van der Waals surface area contributed by atoms with Crippen LogP contribution in [-0.2, 0) is 0 Å². The van der Waals surface area contributed by atoms with Crippen LogP contribution in [0.2, 0.25) is 0 Å². The molecular weight excluding hydrogens is 248 g/mol. The molecule has 3 aromatic carbocycles. The molecule has 3 aromatic rings. The van der Waals surface area contributed by atoms with Gasteiger partial charge in [-0.1, -0.05) is 48.5 Å². The summed E-state index contributed by atoms with van der Waals surface area (Å²) >= 11 is 0. The molecule has 0 spiro atoms. The van der Waals surface area contributed by atoms with Gasteiger partial charge < -0.3 is 10.2 Å². The maximum Gasteiger partial charge on any atom is 0.116 e. The highest BCUT2D eigenvalue weighted by atomic mass is 16.3. The lowest BCUT2D eigenvalue weighted by Crippen LogP contribution is -1.85. The standard InChI is InChI=1S/C18H14O2/c19-15-8-6-14(7-9-15)18-12-16(20)10-11-17(18)13-4-2-1-3-5-13/h1-12,19-20H. The number of hydrogen-bond donors (Lipinski definition) is 2. The van der Waals surface area contributed by atoms with Gasteiger partial charge in [-0.3, -0.25) is 0 Å². The van der Waals surface area contributed by atoms with Crippen LogP contribution in [0.15, 0.2) is 72.8 Å². The minimum Gasteiger partial charge on any atom is -0.508 e. The second-order valence-electron chi connectivity index (χ2n) is 4.64. The summed E-state index contributed by atoms with van der Waals surface area (Å²) in [6, 6.07) is 22.4. The van der Waals surface area contributed by atoms with Crippen LogP contribution < -0.4 is 0 Å². The summed E-state index contributed by atoms with van der Waals surface area (Å²) in [5, 5.41) is 19.1. The summed E-state index contributed by atoms with van der Waals surface area (Å²) in [6.07, 6.45) is 0. The van der Waals surface area contributed by atoms with E-state index in [0.29, 0.717) is 0 Å². The first-order valence-electron chi connectivity index (χ1n) is 6.42. The van der Waals surface area contributed by atoms with Gasteiger partial charge in [0.25, 0.3) is 0 Å². The predicted molar refractivity (Wildman–Crippen MR) is 80.6 cm³/mol. The Balaban J connectivity index is 2.19. The topological polar surface area (TPSA) is 40.5 Å². The quantitative estimate of drug-likeness (QED) is 0.717. The van der Waals surface area contributed by atoms with E-state index in [0.717, 1.165) is 22.3 Å². The molecule has 0 amide bonds. The van der Waals surface area contributed by atoms with Gasteiger partial charge in [-0.2, -0.15) is 0 Å². The Labute approximate surface area is 117 Å². The Morgan fingerprint density at radius 3 is 1.80 bits per heavy atom. The van der Waals surface area contributed by atoms with Crippen LogP contribution in [0, 0.1) is 0 Å². The molecule has 0 aliphatic carbocycles. The highest BCUT2D eigenvalue weighted by Crippen LogP contribution is 2.35. The third-order valence-electron chi connectivity index (χ3n) is 3.27. The van der Waals surface area contributed by atoms with Gasteiger partial charge in [0.1, 0.15) is 11.5 Å². The van der Waals surface area contributed by atoms with Crippen molar-refractivity contribution in [3.05, 3.63) is 72.8 Å². The van der Waals surface area contributed by atoms with E-state index in [-0.39, 0.29) is 11.5 Å². The average molecular weight is 262 g/mol. The van der Waals surface area contributed by atoms with E-state index in [9.17, 15) is 10.2 Å². The van der Waals surface area contributed by atoms with Gasteiger partial charge in [-0.25, -0.2) is 0 Å². The van der Waals surface area contributed by atoms with Gasteiger partial charge in [0.05, 0.1) is 0 Å². The summed E-state index contributed by atoms with van der Waals surface area (Å²) in [5.41, 5.74) is 4.04. The lowest BCUT2D eigenvalue weighted by Gasteiger charge is -2.11. The van der Waals surface area contributed by atoms with E-state index in [4.69, 9.17) is 0 Å². The largest absolute Gasteiger partial charge is 0.508 e. The monoisotopic (exact) mass is 262 g/mol. The summed E-state index contributed by atoms with van der Waals surface area (Å²) in [6.45, 7) is 0. The Morgan fingerprint density at radius 1 is 0.500 bits per heavy atom. The molecule has 20 heavy (non-hydrogen) atoms. The van der Waals surface area contributed by atoms with E-state index in [1.54, 1.807) is 24.3 Å². The molecule has 0 saturated carbocycles. The van der Waals surface area contributed by atoms with E-state index in [2.05, 4.69) is 0 Å². The molecule has 0 aromatic heterocycles. The molecular formula is C18H14O2. The molecule has 0 saturated heterocycles. The number of aromatic hydroxyl groups is 2. The SMILES string of the molecule is Oc1ccc(-c2cc(O)ccc2-c2ccccc2)cc1. The fraction of sp³-hybridized carbons (Fsp3) is 0. The smallest absolute Gasteiger partial charge is 0.116 e. The Kier molecular flexibility index (Phi) is 3.13. The fourth-order valence-corrected chi connectivity index (χ4v) is 2.28. The van der Waals surface area contributed by atoms with Crippen LogP contribution >= 0.6 is 0 Å². The minimum atomic E-state index is 0.229. The lowest BCUT2D eigenvalue weighted by molar-refractivity contribution is 0.475. The van der Waals surface area contributed by atoms with Crippen molar-refractivity contribution in [2.24, 2.45) is 0 Å². The fourth-order valence-electron chi connectivity index (χ4n) is 2.28. The van der Waals surface area contributed by atoms with E-state index < -0.39 is 0 Å². The molecule has 0 bridgehead atoms. The van der Waals surface area contributed by atoms with Crippen molar-refractivity contribution in [3.63, 3.8) is 0 Å². The van der Waals surface area contributed by atoms with Gasteiger partial charge in [0.15, 0.2) is 0 Å². The van der Waals surface area contributed by atoms with Gasteiger partial charge in [0.2, 0.25) is 0 Å². The molecule has 0 fully saturated rings. The second kappa shape index (κ2) is 5.10. The molecule has 2 nitrogen and oxygen atoms in total. The number of phenols is 2. The lowest BCUT2D eigenvalue weighted by atomic mass is 9.94. The number of rotatable bonds is 2. The molecule has 0 heterocycles. The second-order valence-corrected chi connectivity index (χ2v) is 4.64. The first-order chi connectivity index (χ1) is 9.74. The zero-order valence-corrected chi connectivity index (χ0v) is 10.8. The van der Waals surface area contributed by atoms with Gasteiger partial charge in [-0.05, 0) is 46.5 Å². The molecule has 2 heteroatoms. The van der Waals surface area contributed by atoms with E-state index in [1.165, 1.54) is 0 Å². The average Bonchev–Trinajstić information content (AvgIpc) is 2.49. The maximum atomic E-state index is 9.75. The normalized spacial score (nSPS) is 10.4. The highest BCUT2D eigenvalue weighted by molar-refractivity contribution is 5.84. The molecule has 0 aliphatic heterocycles. The zero-order valence-electron chi connectivity index (χ0n) is 10.8. The van der Waals surface area contributed by atoms with Crippen molar-refractivity contribution in [1.82, 2.24) is 0 Å². The third kappa shape index (κ3) is 2.36. The van der Waals surface area contributed by atoms with Crippen LogP contribution in [0.25, 0.3) is 22.3 Å². The molecule has 0 radical (unpaired) electrons. The van der Waals surface area contributed by atoms with Crippen LogP contribution in [-0.4, -0.2) is 10.2 Å². The van der Waals surface area contributed by atoms with Crippen molar-refractivity contribution >= 4 is 0 Å². The van der Waals surface area contributed by atoms with Gasteiger partial charge in [-0.15, -0.1) is 0 Å². The van der Waals surface area contributed by atoms with Gasteiger partial charge >= 0.3 is 0 Å². The highest BCUT2D eigenvalue weighted by Gasteiger charge is 2.08. The van der Waals surface area contributed by atoms with Crippen molar-refractivity contribution in [2.75, 3.05) is 0 Å². The Bertz CT molecular complexity index is 716. The summed E-state index contributed by atoms with van der Waals surface area (Å²) in [5.74, 6) is 0.461. The molecule has 98 valence electrons. The third-order valence-corrected chi connectivity index (χ3v) is 3.27. The van der Waals surface area contributed by atoms with Crippen LogP contribution in [0.5, 0.6) is 11.5 Å².